The molecule has 0 unspecified atom stereocenters. The summed E-state index contributed by atoms with van der Waals surface area (Å²) in [6.45, 7) is 0.109. The number of carbonyl (C=O) groups is 1. The van der Waals surface area contributed by atoms with Crippen LogP contribution in [0.1, 0.15) is 15.9 Å². The Balaban J connectivity index is 2.12. The summed E-state index contributed by atoms with van der Waals surface area (Å²) in [5, 5.41) is 0. The molecule has 1 amide bonds. The van der Waals surface area contributed by atoms with Crippen LogP contribution in [0.3, 0.4) is 0 Å². The molecule has 0 N–H and O–H groups in total. The lowest BCUT2D eigenvalue weighted by molar-refractivity contribution is 0.0978. The van der Waals surface area contributed by atoms with Crippen LogP contribution in [-0.2, 0) is 6.42 Å². The molecule has 0 aromatic heterocycles. The van der Waals surface area contributed by atoms with Gasteiger partial charge in [0.25, 0.3) is 5.91 Å². The summed E-state index contributed by atoms with van der Waals surface area (Å²) in [5.41, 5.74) is -0.274. The van der Waals surface area contributed by atoms with E-state index in [1.165, 1.54) is 0 Å². The van der Waals surface area contributed by atoms with E-state index in [2.05, 4.69) is 0 Å². The quantitative estimate of drug-likeness (QED) is 0.448. The average Bonchev–Trinajstić information content (AvgIpc) is 2.95. The zero-order valence-electron chi connectivity index (χ0n) is 11.0. The summed E-state index contributed by atoms with van der Waals surface area (Å²) >= 11 is 0. The first-order valence-corrected chi connectivity index (χ1v) is 6.34. The first-order valence-electron chi connectivity index (χ1n) is 6.34. The summed E-state index contributed by atoms with van der Waals surface area (Å²) in [6.07, 6.45) is 0.442. The Morgan fingerprint density at radius 1 is 0.864 bits per heavy atom. The van der Waals surface area contributed by atoms with E-state index in [0.717, 1.165) is 10.5 Å². The maximum atomic E-state index is 13.7. The first-order chi connectivity index (χ1) is 10.4. The van der Waals surface area contributed by atoms with Crippen molar-refractivity contribution in [3.8, 4) is 0 Å². The van der Waals surface area contributed by atoms with Gasteiger partial charge in [0.2, 0.25) is 5.82 Å². The van der Waals surface area contributed by atoms with Crippen LogP contribution in [0.25, 0.3) is 0 Å². The second-order valence-corrected chi connectivity index (χ2v) is 4.78. The average molecular weight is 313 g/mol. The molecule has 0 atom stereocenters. The Hall–Kier alpha value is -2.44. The van der Waals surface area contributed by atoms with Crippen LogP contribution in [-0.4, -0.2) is 12.5 Å². The molecular formula is C15H8F5NO. The second-order valence-electron chi connectivity index (χ2n) is 4.78. The fourth-order valence-electron chi connectivity index (χ4n) is 2.48. The summed E-state index contributed by atoms with van der Waals surface area (Å²) in [6, 6.07) is 6.61. The molecule has 7 heteroatoms. The predicted octanol–water partition coefficient (Wildman–Crippen LogP) is 3.59. The number of hydrogen-bond acceptors (Lipinski definition) is 1. The van der Waals surface area contributed by atoms with E-state index >= 15 is 0 Å². The SMILES string of the molecule is O=C(c1c(F)c(F)c(F)c(F)c1F)N1CCc2ccccc21. The molecule has 2 aromatic carbocycles. The van der Waals surface area contributed by atoms with Crippen molar-refractivity contribution in [1.29, 1.82) is 0 Å². The molecule has 3 rings (SSSR count). The van der Waals surface area contributed by atoms with Gasteiger partial charge in [-0.15, -0.1) is 0 Å². The van der Waals surface area contributed by atoms with E-state index in [9.17, 15) is 26.7 Å². The lowest BCUT2D eigenvalue weighted by atomic mass is 10.1. The number of anilines is 1. The first kappa shape index (κ1) is 14.5. The van der Waals surface area contributed by atoms with Crippen LogP contribution < -0.4 is 4.90 Å². The molecule has 114 valence electrons. The lowest BCUT2D eigenvalue weighted by Gasteiger charge is -2.18. The van der Waals surface area contributed by atoms with Gasteiger partial charge in [0, 0.05) is 12.2 Å². The van der Waals surface area contributed by atoms with E-state index in [1.54, 1.807) is 24.3 Å². The van der Waals surface area contributed by atoms with Crippen molar-refractivity contribution in [2.45, 2.75) is 6.42 Å². The van der Waals surface area contributed by atoms with Gasteiger partial charge < -0.3 is 4.90 Å². The number of halogens is 5. The van der Waals surface area contributed by atoms with E-state index < -0.39 is 40.6 Å². The minimum absolute atomic E-state index is 0.109. The smallest absolute Gasteiger partial charge is 0.264 e. The van der Waals surface area contributed by atoms with Gasteiger partial charge in [-0.2, -0.15) is 0 Å². The molecule has 0 aliphatic carbocycles. The fraction of sp³-hybridized carbons (Fsp3) is 0.133. The molecule has 0 radical (unpaired) electrons. The molecule has 1 heterocycles. The fourth-order valence-corrected chi connectivity index (χ4v) is 2.48. The van der Waals surface area contributed by atoms with Crippen molar-refractivity contribution in [3.05, 3.63) is 64.5 Å². The molecule has 2 aromatic rings. The third kappa shape index (κ3) is 1.96. The highest BCUT2D eigenvalue weighted by molar-refractivity contribution is 6.07. The molecule has 0 fully saturated rings. The van der Waals surface area contributed by atoms with Crippen molar-refractivity contribution in [2.75, 3.05) is 11.4 Å². The number of nitrogens with zero attached hydrogens (tertiary/aromatic N) is 1. The van der Waals surface area contributed by atoms with Gasteiger partial charge in [-0.05, 0) is 18.1 Å². The maximum Gasteiger partial charge on any atom is 0.264 e. The van der Waals surface area contributed by atoms with Gasteiger partial charge in [-0.3, -0.25) is 4.79 Å². The van der Waals surface area contributed by atoms with Crippen LogP contribution in [0.15, 0.2) is 24.3 Å². The minimum Gasteiger partial charge on any atom is -0.308 e. The van der Waals surface area contributed by atoms with Gasteiger partial charge in [-0.1, -0.05) is 18.2 Å². The van der Waals surface area contributed by atoms with Gasteiger partial charge in [0.15, 0.2) is 23.3 Å². The van der Waals surface area contributed by atoms with Crippen molar-refractivity contribution >= 4 is 11.6 Å². The standard InChI is InChI=1S/C15H8F5NO/c16-10-9(11(17)13(19)14(20)12(10)18)15(22)21-6-5-7-3-1-2-4-8(7)21/h1-4H,5-6H2. The Labute approximate surface area is 121 Å². The van der Waals surface area contributed by atoms with Crippen molar-refractivity contribution in [2.24, 2.45) is 0 Å². The topological polar surface area (TPSA) is 20.3 Å². The second kappa shape index (κ2) is 5.08. The number of amides is 1. The highest BCUT2D eigenvalue weighted by Gasteiger charge is 2.34. The summed E-state index contributed by atoms with van der Waals surface area (Å²) in [7, 11) is 0. The zero-order valence-corrected chi connectivity index (χ0v) is 11.0. The summed E-state index contributed by atoms with van der Waals surface area (Å²) in [4.78, 5) is 13.3. The van der Waals surface area contributed by atoms with E-state index in [1.807, 2.05) is 0 Å². The van der Waals surface area contributed by atoms with Gasteiger partial charge >= 0.3 is 0 Å². The third-order valence-corrected chi connectivity index (χ3v) is 3.56. The molecule has 1 aliphatic heterocycles. The molecule has 0 bridgehead atoms. The Bertz CT molecular complexity index is 761. The maximum absolute atomic E-state index is 13.7. The zero-order chi connectivity index (χ0) is 16.0. The van der Waals surface area contributed by atoms with Crippen LogP contribution in [0.2, 0.25) is 0 Å². The van der Waals surface area contributed by atoms with Crippen molar-refractivity contribution in [1.82, 2.24) is 0 Å². The van der Waals surface area contributed by atoms with Crippen LogP contribution in [0.5, 0.6) is 0 Å². The number of rotatable bonds is 1. The van der Waals surface area contributed by atoms with Gasteiger partial charge in [0.1, 0.15) is 5.56 Å². The van der Waals surface area contributed by atoms with Crippen LogP contribution in [0.4, 0.5) is 27.6 Å². The molecule has 1 aliphatic rings. The molecule has 2 nitrogen and oxygen atoms in total. The summed E-state index contributed by atoms with van der Waals surface area (Å²) in [5.74, 6) is -12.0. The van der Waals surface area contributed by atoms with Crippen molar-refractivity contribution in [3.63, 3.8) is 0 Å². The van der Waals surface area contributed by atoms with Crippen LogP contribution >= 0.6 is 0 Å². The van der Waals surface area contributed by atoms with E-state index in [0.29, 0.717) is 12.1 Å². The monoisotopic (exact) mass is 313 g/mol. The number of benzene rings is 2. The molecule has 0 spiro atoms. The third-order valence-electron chi connectivity index (χ3n) is 3.56. The number of hydrogen-bond donors (Lipinski definition) is 0. The molecule has 22 heavy (non-hydrogen) atoms. The number of para-hydroxylation sites is 1. The number of fused-ring (bicyclic) bond motifs is 1. The summed E-state index contributed by atoms with van der Waals surface area (Å²) < 4.78 is 66.9. The van der Waals surface area contributed by atoms with Crippen molar-refractivity contribution < 1.29 is 26.7 Å². The van der Waals surface area contributed by atoms with Crippen LogP contribution in [0, 0.1) is 29.1 Å². The van der Waals surface area contributed by atoms with E-state index in [-0.39, 0.29) is 6.54 Å². The predicted molar refractivity (Wildman–Crippen MR) is 68.1 cm³/mol. The molecule has 0 saturated carbocycles. The van der Waals surface area contributed by atoms with Gasteiger partial charge in [0.05, 0.1) is 0 Å². The molecule has 0 saturated heterocycles. The van der Waals surface area contributed by atoms with E-state index in [4.69, 9.17) is 0 Å². The Morgan fingerprint density at radius 2 is 1.41 bits per heavy atom. The highest BCUT2D eigenvalue weighted by atomic mass is 19.2. The Kier molecular flexibility index (Phi) is 3.35. The van der Waals surface area contributed by atoms with Gasteiger partial charge in [-0.25, -0.2) is 22.0 Å². The largest absolute Gasteiger partial charge is 0.308 e. The number of carbonyl (C=O) groups excluding carboxylic acids is 1. The highest BCUT2D eigenvalue weighted by Crippen LogP contribution is 2.31. The Morgan fingerprint density at radius 3 is 2.05 bits per heavy atom. The molecular weight excluding hydrogens is 305 g/mol. The lowest BCUT2D eigenvalue weighted by Crippen LogP contribution is -2.31. The minimum atomic E-state index is -2.28. The normalized spacial score (nSPS) is 13.4.